The minimum atomic E-state index is -1.89. The summed E-state index contributed by atoms with van der Waals surface area (Å²) in [4.78, 5) is 0. The summed E-state index contributed by atoms with van der Waals surface area (Å²) >= 11 is 1.80. The van der Waals surface area contributed by atoms with Crippen molar-refractivity contribution >= 4 is 17.7 Å². The Morgan fingerprint density at radius 3 is 1.65 bits per heavy atom. The zero-order chi connectivity index (χ0) is 13.0. The average molecular weight is 278 g/mol. The largest absolute Gasteiger partial charge is 0.312 e. The van der Waals surface area contributed by atoms with Crippen molar-refractivity contribution in [2.45, 2.75) is 72.1 Å². The van der Waals surface area contributed by atoms with E-state index in [1.165, 1.54) is 51.4 Å². The fraction of sp³-hybridized carbons (Fsp3) is 1.00. The molecule has 0 aromatic rings. The molecule has 0 saturated carbocycles. The zero-order valence-electron chi connectivity index (χ0n) is 12.0. The van der Waals surface area contributed by atoms with E-state index in [1.807, 2.05) is 0 Å². The smallest absolute Gasteiger partial charge is 0.139 e. The molecule has 0 bridgehead atoms. The molecule has 0 N–H and O–H groups in total. The molecule has 0 amide bonds. The molecule has 0 aromatic carbocycles. The van der Waals surface area contributed by atoms with Crippen molar-refractivity contribution in [1.29, 1.82) is 0 Å². The highest BCUT2D eigenvalue weighted by Gasteiger charge is 2.21. The number of hydrogen-bond acceptors (Lipinski definition) is 2. The monoisotopic (exact) mass is 278 g/mol. The van der Waals surface area contributed by atoms with E-state index in [9.17, 15) is 4.57 Å². The molecule has 0 unspecified atom stereocenters. The van der Waals surface area contributed by atoms with Gasteiger partial charge in [-0.3, -0.25) is 0 Å². The van der Waals surface area contributed by atoms with Crippen LogP contribution in [-0.2, 0) is 4.57 Å². The Balaban J connectivity index is 4.00. The first kappa shape index (κ1) is 17.6. The maximum Gasteiger partial charge on any atom is 0.139 e. The van der Waals surface area contributed by atoms with Gasteiger partial charge in [0.05, 0.1) is 0 Å². The SMILES string of the molecule is CCCCCP(=O)(CCCCC)SCCCC. The van der Waals surface area contributed by atoms with Gasteiger partial charge in [0.25, 0.3) is 0 Å². The quantitative estimate of drug-likeness (QED) is 0.313. The minimum absolute atomic E-state index is 0.985. The average Bonchev–Trinajstić information content (AvgIpc) is 2.30. The van der Waals surface area contributed by atoms with Crippen LogP contribution in [0.2, 0.25) is 0 Å². The van der Waals surface area contributed by atoms with E-state index >= 15 is 0 Å². The van der Waals surface area contributed by atoms with Crippen LogP contribution in [0.5, 0.6) is 0 Å². The third kappa shape index (κ3) is 10.2. The second kappa shape index (κ2) is 11.7. The molecular weight excluding hydrogens is 247 g/mol. The molecular formula is C14H31OPS. The lowest BCUT2D eigenvalue weighted by atomic mass is 10.3. The van der Waals surface area contributed by atoms with Crippen LogP contribution in [-0.4, -0.2) is 18.1 Å². The molecule has 0 fully saturated rings. The summed E-state index contributed by atoms with van der Waals surface area (Å²) in [6, 6.07) is 0. The van der Waals surface area contributed by atoms with E-state index in [2.05, 4.69) is 20.8 Å². The molecule has 104 valence electrons. The number of hydrogen-bond donors (Lipinski definition) is 0. The van der Waals surface area contributed by atoms with Crippen LogP contribution < -0.4 is 0 Å². The summed E-state index contributed by atoms with van der Waals surface area (Å²) in [5.74, 6) is 1.10. The van der Waals surface area contributed by atoms with Crippen LogP contribution in [0.15, 0.2) is 0 Å². The molecule has 0 aliphatic carbocycles. The van der Waals surface area contributed by atoms with Gasteiger partial charge in [-0.15, -0.1) is 0 Å². The first-order chi connectivity index (χ1) is 8.18. The summed E-state index contributed by atoms with van der Waals surface area (Å²) in [6.45, 7) is 6.64. The number of unbranched alkanes of at least 4 members (excludes halogenated alkanes) is 5. The van der Waals surface area contributed by atoms with Crippen molar-refractivity contribution in [2.24, 2.45) is 0 Å². The molecule has 0 rings (SSSR count). The second-order valence-electron chi connectivity index (χ2n) is 4.86. The van der Waals surface area contributed by atoms with Crippen molar-refractivity contribution < 1.29 is 4.57 Å². The van der Waals surface area contributed by atoms with Crippen LogP contribution >= 0.6 is 17.7 Å². The maximum absolute atomic E-state index is 12.8. The molecule has 0 spiro atoms. The highest BCUT2D eigenvalue weighted by Crippen LogP contribution is 2.59. The Morgan fingerprint density at radius 2 is 1.24 bits per heavy atom. The second-order valence-corrected chi connectivity index (χ2v) is 10.8. The maximum atomic E-state index is 12.8. The Bertz CT molecular complexity index is 173. The van der Waals surface area contributed by atoms with Gasteiger partial charge in [0.15, 0.2) is 0 Å². The van der Waals surface area contributed by atoms with Crippen LogP contribution in [0.4, 0.5) is 0 Å². The molecule has 0 atom stereocenters. The van der Waals surface area contributed by atoms with Crippen molar-refractivity contribution in [3.63, 3.8) is 0 Å². The summed E-state index contributed by atoms with van der Waals surface area (Å²) in [6.07, 6.45) is 9.79. The van der Waals surface area contributed by atoms with Gasteiger partial charge in [-0.2, -0.15) is 0 Å². The lowest BCUT2D eigenvalue weighted by Gasteiger charge is -2.17. The Hall–Kier alpha value is 0.580. The minimum Gasteiger partial charge on any atom is -0.312 e. The van der Waals surface area contributed by atoms with E-state index in [4.69, 9.17) is 0 Å². The third-order valence-corrected chi connectivity index (χ3v) is 9.02. The van der Waals surface area contributed by atoms with Gasteiger partial charge in [0.2, 0.25) is 0 Å². The van der Waals surface area contributed by atoms with E-state index in [0.29, 0.717) is 0 Å². The van der Waals surface area contributed by atoms with Crippen LogP contribution in [0, 0.1) is 0 Å². The van der Waals surface area contributed by atoms with Crippen molar-refractivity contribution in [3.8, 4) is 0 Å². The molecule has 0 heterocycles. The lowest BCUT2D eigenvalue weighted by molar-refractivity contribution is 0.578. The van der Waals surface area contributed by atoms with Gasteiger partial charge < -0.3 is 4.57 Å². The standard InChI is InChI=1S/C14H31OPS/c1-4-7-10-12-16(15,13-11-8-5-2)17-14-9-6-3/h4-14H2,1-3H3. The highest BCUT2D eigenvalue weighted by atomic mass is 32.7. The summed E-state index contributed by atoms with van der Waals surface area (Å²) < 4.78 is 12.8. The fourth-order valence-corrected chi connectivity index (χ4v) is 7.40. The van der Waals surface area contributed by atoms with Crippen LogP contribution in [0.25, 0.3) is 0 Å². The Morgan fingerprint density at radius 1 is 0.765 bits per heavy atom. The molecule has 0 aromatic heterocycles. The molecule has 3 heteroatoms. The molecule has 1 nitrogen and oxygen atoms in total. The van der Waals surface area contributed by atoms with Gasteiger partial charge in [-0.05, 0) is 19.3 Å². The van der Waals surface area contributed by atoms with Crippen LogP contribution in [0.1, 0.15) is 72.1 Å². The predicted molar refractivity (Wildman–Crippen MR) is 83.8 cm³/mol. The molecule has 0 radical (unpaired) electrons. The van der Waals surface area contributed by atoms with Gasteiger partial charge in [0.1, 0.15) is 6.34 Å². The van der Waals surface area contributed by atoms with Gasteiger partial charge in [-0.25, -0.2) is 0 Å². The van der Waals surface area contributed by atoms with Crippen LogP contribution in [0.3, 0.4) is 0 Å². The normalized spacial score (nSPS) is 11.9. The Kier molecular flexibility index (Phi) is 12.1. The first-order valence-electron chi connectivity index (χ1n) is 7.41. The lowest BCUT2D eigenvalue weighted by Crippen LogP contribution is -1.95. The fourth-order valence-electron chi connectivity index (χ4n) is 1.82. The van der Waals surface area contributed by atoms with Gasteiger partial charge in [0, 0.05) is 18.1 Å². The topological polar surface area (TPSA) is 17.1 Å². The van der Waals surface area contributed by atoms with Crippen molar-refractivity contribution in [3.05, 3.63) is 0 Å². The van der Waals surface area contributed by atoms with Gasteiger partial charge in [-0.1, -0.05) is 64.3 Å². The van der Waals surface area contributed by atoms with Crippen molar-refractivity contribution in [1.82, 2.24) is 0 Å². The summed E-state index contributed by atoms with van der Waals surface area (Å²) in [5, 5.41) is 0. The van der Waals surface area contributed by atoms with E-state index in [0.717, 1.165) is 18.1 Å². The summed E-state index contributed by atoms with van der Waals surface area (Å²) in [7, 11) is 0. The first-order valence-corrected chi connectivity index (χ1v) is 11.1. The molecule has 0 aliphatic rings. The molecule has 17 heavy (non-hydrogen) atoms. The third-order valence-electron chi connectivity index (χ3n) is 3.03. The molecule has 0 aliphatic heterocycles. The van der Waals surface area contributed by atoms with Gasteiger partial charge >= 0.3 is 0 Å². The Labute approximate surface area is 113 Å². The predicted octanol–water partition coefficient (Wildman–Crippen LogP) is 6.18. The number of rotatable bonds is 12. The van der Waals surface area contributed by atoms with E-state index in [-0.39, 0.29) is 0 Å². The van der Waals surface area contributed by atoms with E-state index in [1.54, 1.807) is 11.4 Å². The van der Waals surface area contributed by atoms with Crippen molar-refractivity contribution in [2.75, 3.05) is 18.1 Å². The van der Waals surface area contributed by atoms with E-state index < -0.39 is 6.34 Å². The summed E-state index contributed by atoms with van der Waals surface area (Å²) in [5.41, 5.74) is 0. The zero-order valence-corrected chi connectivity index (χ0v) is 13.8. The highest BCUT2D eigenvalue weighted by molar-refractivity contribution is 8.58. The molecule has 0 saturated heterocycles.